The maximum atomic E-state index is 4.91. The van der Waals surface area contributed by atoms with E-state index >= 15 is 0 Å². The normalized spacial score (nSPS) is 10.0. The Balaban J connectivity index is 2.00. The van der Waals surface area contributed by atoms with Gasteiger partial charge in [-0.15, -0.1) is 6.58 Å². The summed E-state index contributed by atoms with van der Waals surface area (Å²) in [7, 11) is 0. The lowest BCUT2D eigenvalue weighted by atomic mass is 10.3. The molecule has 0 saturated carbocycles. The van der Waals surface area contributed by atoms with Crippen molar-refractivity contribution in [2.45, 2.75) is 19.4 Å². The van der Waals surface area contributed by atoms with Crippen LogP contribution in [0.2, 0.25) is 0 Å². The molecule has 0 unspecified atom stereocenters. The number of unbranched alkanes of at least 4 members (excludes halogenated alkanes) is 1. The Morgan fingerprint density at radius 1 is 1.67 bits per heavy atom. The number of allylic oxidation sites excluding steroid dienone is 1. The Morgan fingerprint density at radius 2 is 2.58 bits per heavy atom. The van der Waals surface area contributed by atoms with Crippen LogP contribution >= 0.6 is 0 Å². The molecule has 0 aromatic carbocycles. The van der Waals surface area contributed by atoms with Crippen molar-refractivity contribution >= 4 is 0 Å². The van der Waals surface area contributed by atoms with Crippen molar-refractivity contribution < 1.29 is 4.52 Å². The fourth-order valence-electron chi connectivity index (χ4n) is 0.916. The molecule has 0 fully saturated rings. The molecule has 0 aliphatic carbocycles. The topological polar surface area (TPSA) is 38.1 Å². The van der Waals surface area contributed by atoms with Gasteiger partial charge in [0.2, 0.25) is 0 Å². The number of aromatic nitrogens is 1. The summed E-state index contributed by atoms with van der Waals surface area (Å²) < 4.78 is 4.91. The van der Waals surface area contributed by atoms with E-state index in [0.29, 0.717) is 0 Å². The number of hydrogen-bond donors (Lipinski definition) is 1. The summed E-state index contributed by atoms with van der Waals surface area (Å²) in [5.41, 5.74) is 0. The molecule has 1 rings (SSSR count). The molecule has 66 valence electrons. The Hall–Kier alpha value is -1.09. The average Bonchev–Trinajstić information content (AvgIpc) is 2.57. The highest BCUT2D eigenvalue weighted by Crippen LogP contribution is 1.95. The van der Waals surface area contributed by atoms with E-state index in [9.17, 15) is 0 Å². The lowest BCUT2D eigenvalue weighted by Crippen LogP contribution is -2.13. The van der Waals surface area contributed by atoms with Gasteiger partial charge >= 0.3 is 0 Å². The lowest BCUT2D eigenvalue weighted by Gasteiger charge is -1.98. The zero-order valence-corrected chi connectivity index (χ0v) is 7.12. The van der Waals surface area contributed by atoms with Gasteiger partial charge in [0.25, 0.3) is 0 Å². The third-order valence-electron chi connectivity index (χ3n) is 1.55. The molecule has 0 bridgehead atoms. The second-order valence-corrected chi connectivity index (χ2v) is 2.59. The van der Waals surface area contributed by atoms with Crippen LogP contribution in [0, 0.1) is 0 Å². The molecule has 1 aromatic heterocycles. The van der Waals surface area contributed by atoms with Gasteiger partial charge in [0.1, 0.15) is 5.76 Å². The highest BCUT2D eigenvalue weighted by Gasteiger charge is 1.93. The summed E-state index contributed by atoms with van der Waals surface area (Å²) in [5, 5.41) is 6.85. The van der Waals surface area contributed by atoms with Gasteiger partial charge in [0.05, 0.1) is 12.7 Å². The van der Waals surface area contributed by atoms with Crippen molar-refractivity contribution in [3.63, 3.8) is 0 Å². The molecule has 1 aromatic rings. The fraction of sp³-hybridized carbons (Fsp3) is 0.444. The Morgan fingerprint density at radius 3 is 3.25 bits per heavy atom. The number of nitrogens with zero attached hydrogens (tertiary/aromatic N) is 1. The highest BCUT2D eigenvalue weighted by atomic mass is 16.5. The zero-order valence-electron chi connectivity index (χ0n) is 7.12. The van der Waals surface area contributed by atoms with Crippen LogP contribution in [0.5, 0.6) is 0 Å². The summed E-state index contributed by atoms with van der Waals surface area (Å²) in [6.07, 6.45) is 5.76. The minimum atomic E-state index is 0.761. The molecule has 12 heavy (non-hydrogen) atoms. The van der Waals surface area contributed by atoms with E-state index in [1.807, 2.05) is 12.1 Å². The van der Waals surface area contributed by atoms with E-state index in [0.717, 1.165) is 31.7 Å². The predicted octanol–water partition coefficient (Wildman–Crippen LogP) is 1.73. The maximum Gasteiger partial charge on any atom is 0.150 e. The number of hydrogen-bond acceptors (Lipinski definition) is 3. The van der Waals surface area contributed by atoms with Gasteiger partial charge in [-0.05, 0) is 19.4 Å². The van der Waals surface area contributed by atoms with Crippen LogP contribution in [0.25, 0.3) is 0 Å². The standard InChI is InChI=1S/C9H14N2O/c1-2-3-4-6-10-8-9-5-7-11-12-9/h2,5,7,10H,1,3-4,6,8H2. The van der Waals surface area contributed by atoms with Crippen LogP contribution in [0.4, 0.5) is 0 Å². The first kappa shape index (κ1) is 9.00. The number of rotatable bonds is 6. The van der Waals surface area contributed by atoms with Crippen molar-refractivity contribution in [2.75, 3.05) is 6.54 Å². The summed E-state index contributed by atoms with van der Waals surface area (Å²) in [6, 6.07) is 1.86. The molecule has 0 saturated heterocycles. The maximum absolute atomic E-state index is 4.91. The van der Waals surface area contributed by atoms with E-state index in [1.54, 1.807) is 6.20 Å². The van der Waals surface area contributed by atoms with E-state index in [1.165, 1.54) is 0 Å². The quantitative estimate of drug-likeness (QED) is 0.516. The molecule has 0 aliphatic heterocycles. The largest absolute Gasteiger partial charge is 0.360 e. The van der Waals surface area contributed by atoms with Crippen molar-refractivity contribution in [3.8, 4) is 0 Å². The second-order valence-electron chi connectivity index (χ2n) is 2.59. The Labute approximate surface area is 72.4 Å². The molecule has 0 atom stereocenters. The summed E-state index contributed by atoms with van der Waals surface area (Å²) in [5.74, 6) is 0.883. The second kappa shape index (κ2) is 5.55. The van der Waals surface area contributed by atoms with E-state index < -0.39 is 0 Å². The van der Waals surface area contributed by atoms with Crippen molar-refractivity contribution in [1.82, 2.24) is 10.5 Å². The van der Waals surface area contributed by atoms with E-state index in [2.05, 4.69) is 17.1 Å². The molecule has 0 aliphatic rings. The van der Waals surface area contributed by atoms with Gasteiger partial charge in [-0.2, -0.15) is 0 Å². The summed E-state index contributed by atoms with van der Waals surface area (Å²) in [4.78, 5) is 0. The van der Waals surface area contributed by atoms with Gasteiger partial charge in [-0.25, -0.2) is 0 Å². The van der Waals surface area contributed by atoms with Crippen LogP contribution in [0.3, 0.4) is 0 Å². The van der Waals surface area contributed by atoms with E-state index in [4.69, 9.17) is 4.52 Å². The van der Waals surface area contributed by atoms with Crippen molar-refractivity contribution in [2.24, 2.45) is 0 Å². The Kier molecular flexibility index (Phi) is 4.16. The highest BCUT2D eigenvalue weighted by molar-refractivity contribution is 4.91. The first-order valence-electron chi connectivity index (χ1n) is 4.14. The summed E-state index contributed by atoms with van der Waals surface area (Å²) in [6.45, 7) is 5.41. The minimum absolute atomic E-state index is 0.761. The molecule has 1 N–H and O–H groups in total. The lowest BCUT2D eigenvalue weighted by molar-refractivity contribution is 0.373. The third-order valence-corrected chi connectivity index (χ3v) is 1.55. The Bertz CT molecular complexity index is 206. The molecule has 0 spiro atoms. The van der Waals surface area contributed by atoms with Gasteiger partial charge in [-0.1, -0.05) is 11.2 Å². The molecule has 1 heterocycles. The molecule has 3 nitrogen and oxygen atoms in total. The molecular formula is C9H14N2O. The fourth-order valence-corrected chi connectivity index (χ4v) is 0.916. The van der Waals surface area contributed by atoms with E-state index in [-0.39, 0.29) is 0 Å². The molecule has 0 radical (unpaired) electrons. The van der Waals surface area contributed by atoms with Crippen LogP contribution in [0.15, 0.2) is 29.4 Å². The monoisotopic (exact) mass is 166 g/mol. The zero-order chi connectivity index (χ0) is 8.65. The minimum Gasteiger partial charge on any atom is -0.360 e. The first-order chi connectivity index (χ1) is 5.93. The van der Waals surface area contributed by atoms with Crippen LogP contribution in [-0.2, 0) is 6.54 Å². The van der Waals surface area contributed by atoms with Crippen molar-refractivity contribution in [1.29, 1.82) is 0 Å². The molecule has 3 heteroatoms. The smallest absolute Gasteiger partial charge is 0.150 e. The van der Waals surface area contributed by atoms with Gasteiger partial charge in [0, 0.05) is 6.07 Å². The molecule has 0 amide bonds. The third kappa shape index (κ3) is 3.34. The van der Waals surface area contributed by atoms with Gasteiger partial charge in [0.15, 0.2) is 0 Å². The first-order valence-corrected chi connectivity index (χ1v) is 4.14. The summed E-state index contributed by atoms with van der Waals surface area (Å²) >= 11 is 0. The van der Waals surface area contributed by atoms with Crippen LogP contribution in [0.1, 0.15) is 18.6 Å². The van der Waals surface area contributed by atoms with Gasteiger partial charge in [-0.3, -0.25) is 0 Å². The molecular weight excluding hydrogens is 152 g/mol. The van der Waals surface area contributed by atoms with Gasteiger partial charge < -0.3 is 9.84 Å². The van der Waals surface area contributed by atoms with Crippen LogP contribution < -0.4 is 5.32 Å². The van der Waals surface area contributed by atoms with Crippen LogP contribution in [-0.4, -0.2) is 11.7 Å². The SMILES string of the molecule is C=CCCCNCc1ccno1. The van der Waals surface area contributed by atoms with Crippen molar-refractivity contribution in [3.05, 3.63) is 30.7 Å². The predicted molar refractivity (Wildman–Crippen MR) is 47.6 cm³/mol. The average molecular weight is 166 g/mol. The number of nitrogens with one attached hydrogen (secondary N) is 1.